The zero-order chi connectivity index (χ0) is 22.4. The zero-order valence-corrected chi connectivity index (χ0v) is 19.9. The van der Waals surface area contributed by atoms with Gasteiger partial charge >= 0.3 is 0 Å². The van der Waals surface area contributed by atoms with Gasteiger partial charge in [-0.25, -0.2) is 4.39 Å². The van der Waals surface area contributed by atoms with E-state index in [0.29, 0.717) is 21.8 Å². The number of nitrogens with one attached hydrogen (secondary N) is 1. The standard InChI is InChI=1S/C22H18BrClFN3O3S/c23-15-6-11(24)5-14(21(15)31-18-9-26-8-16(18)25)13-3-4-27-17-7-12(32-22(13)17)10-28-19(29)1-2-20(28)30/h3-7,16,18,26H,1-2,8-10H2/t16-,18+/m0/s1. The van der Waals surface area contributed by atoms with E-state index >= 15 is 0 Å². The molecule has 2 aliphatic heterocycles. The minimum Gasteiger partial charge on any atom is -0.484 e. The second-order valence-corrected chi connectivity index (χ2v) is 10.2. The number of hydrogen-bond donors (Lipinski definition) is 1. The van der Waals surface area contributed by atoms with Crippen molar-refractivity contribution in [3.8, 4) is 16.9 Å². The normalized spacial score (nSPS) is 21.2. The Hall–Kier alpha value is -2.07. The fraction of sp³-hybridized carbons (Fsp3) is 0.318. The molecule has 6 nitrogen and oxygen atoms in total. The molecule has 2 saturated heterocycles. The van der Waals surface area contributed by atoms with E-state index in [9.17, 15) is 14.0 Å². The smallest absolute Gasteiger partial charge is 0.230 e. The number of alkyl halides is 1. The number of halogens is 3. The highest BCUT2D eigenvalue weighted by Crippen LogP contribution is 2.44. The van der Waals surface area contributed by atoms with Crippen LogP contribution in [-0.4, -0.2) is 47.1 Å². The van der Waals surface area contributed by atoms with Gasteiger partial charge in [0.25, 0.3) is 0 Å². The number of aromatic nitrogens is 1. The quantitative estimate of drug-likeness (QED) is 0.476. The number of benzene rings is 1. The van der Waals surface area contributed by atoms with Gasteiger partial charge in [-0.2, -0.15) is 0 Å². The van der Waals surface area contributed by atoms with Crippen LogP contribution in [0.3, 0.4) is 0 Å². The van der Waals surface area contributed by atoms with E-state index < -0.39 is 12.3 Å². The Kier molecular flexibility index (Phi) is 5.92. The third-order valence-electron chi connectivity index (χ3n) is 5.59. The maximum Gasteiger partial charge on any atom is 0.230 e. The molecular weight excluding hydrogens is 521 g/mol. The number of amides is 2. The number of carbonyl (C=O) groups is 2. The van der Waals surface area contributed by atoms with Crippen LogP contribution in [0.25, 0.3) is 21.3 Å². The number of imide groups is 1. The minimum absolute atomic E-state index is 0.152. The average molecular weight is 539 g/mol. The van der Waals surface area contributed by atoms with E-state index in [1.807, 2.05) is 12.1 Å². The van der Waals surface area contributed by atoms with Crippen molar-refractivity contribution in [1.29, 1.82) is 0 Å². The average Bonchev–Trinajstić information content (AvgIpc) is 3.44. The summed E-state index contributed by atoms with van der Waals surface area (Å²) in [4.78, 5) is 30.7. The number of likely N-dealkylation sites (tertiary alicyclic amines) is 1. The van der Waals surface area contributed by atoms with E-state index in [0.717, 1.165) is 26.2 Å². The number of ether oxygens (including phenoxy) is 1. The van der Waals surface area contributed by atoms with Crippen LogP contribution in [0.15, 0.2) is 34.9 Å². The molecular formula is C22H18BrClFN3O3S. The second-order valence-electron chi connectivity index (χ2n) is 7.75. The molecule has 3 aromatic rings. The number of fused-ring (bicyclic) bond motifs is 1. The fourth-order valence-electron chi connectivity index (χ4n) is 4.00. The van der Waals surface area contributed by atoms with Crippen molar-refractivity contribution in [2.45, 2.75) is 31.7 Å². The molecule has 32 heavy (non-hydrogen) atoms. The van der Waals surface area contributed by atoms with E-state index in [-0.39, 0.29) is 37.7 Å². The van der Waals surface area contributed by atoms with Gasteiger partial charge in [0.15, 0.2) is 6.17 Å². The molecule has 2 aromatic heterocycles. The lowest BCUT2D eigenvalue weighted by Crippen LogP contribution is -2.27. The van der Waals surface area contributed by atoms with Crippen molar-refractivity contribution in [3.63, 3.8) is 0 Å². The third kappa shape index (κ3) is 4.03. The van der Waals surface area contributed by atoms with Crippen molar-refractivity contribution >= 4 is 60.9 Å². The third-order valence-corrected chi connectivity index (χ3v) is 7.54. The maximum absolute atomic E-state index is 14.2. The van der Waals surface area contributed by atoms with Crippen LogP contribution in [0.4, 0.5) is 4.39 Å². The van der Waals surface area contributed by atoms with Crippen LogP contribution in [-0.2, 0) is 16.1 Å². The Balaban J connectivity index is 1.56. The van der Waals surface area contributed by atoms with E-state index in [1.165, 1.54) is 16.2 Å². The van der Waals surface area contributed by atoms with Gasteiger partial charge in [-0.15, -0.1) is 11.3 Å². The number of pyridine rings is 1. The Labute approximate surface area is 200 Å². The second kappa shape index (κ2) is 8.70. The molecule has 0 aliphatic carbocycles. The molecule has 2 aliphatic rings. The van der Waals surface area contributed by atoms with Gasteiger partial charge in [-0.3, -0.25) is 19.5 Å². The van der Waals surface area contributed by atoms with Gasteiger partial charge in [0.05, 0.1) is 21.2 Å². The van der Waals surface area contributed by atoms with Crippen LogP contribution in [0.5, 0.6) is 5.75 Å². The highest BCUT2D eigenvalue weighted by atomic mass is 79.9. The predicted octanol–water partition coefficient (Wildman–Crippen LogP) is 4.72. The largest absolute Gasteiger partial charge is 0.484 e. The van der Waals surface area contributed by atoms with Crippen LogP contribution in [0, 0.1) is 0 Å². The Morgan fingerprint density at radius 1 is 1.22 bits per heavy atom. The molecule has 1 N–H and O–H groups in total. The lowest BCUT2D eigenvalue weighted by Gasteiger charge is -2.20. The summed E-state index contributed by atoms with van der Waals surface area (Å²) >= 11 is 11.3. The van der Waals surface area contributed by atoms with Gasteiger partial charge in [-0.1, -0.05) is 11.6 Å². The Bertz CT molecular complexity index is 1220. The molecule has 0 unspecified atom stereocenters. The molecule has 4 heterocycles. The first-order chi connectivity index (χ1) is 15.4. The monoisotopic (exact) mass is 537 g/mol. The summed E-state index contributed by atoms with van der Waals surface area (Å²) in [6, 6.07) is 7.26. The lowest BCUT2D eigenvalue weighted by atomic mass is 10.0. The number of rotatable bonds is 5. The zero-order valence-electron chi connectivity index (χ0n) is 16.7. The van der Waals surface area contributed by atoms with Crippen LogP contribution >= 0.6 is 38.9 Å². The first-order valence-corrected chi connectivity index (χ1v) is 12.1. The van der Waals surface area contributed by atoms with Gasteiger partial charge in [0.1, 0.15) is 11.9 Å². The van der Waals surface area contributed by atoms with Crippen molar-refractivity contribution < 1.29 is 18.7 Å². The molecule has 10 heteroatoms. The lowest BCUT2D eigenvalue weighted by molar-refractivity contribution is -0.138. The maximum atomic E-state index is 14.2. The van der Waals surface area contributed by atoms with E-state index in [2.05, 4.69) is 26.2 Å². The van der Waals surface area contributed by atoms with Gasteiger partial charge < -0.3 is 10.1 Å². The molecule has 0 bridgehead atoms. The van der Waals surface area contributed by atoms with Gasteiger partial charge in [-0.05, 0) is 40.2 Å². The Morgan fingerprint density at radius 2 is 2.00 bits per heavy atom. The fourth-order valence-corrected chi connectivity index (χ4v) is 6.04. The Morgan fingerprint density at radius 3 is 2.72 bits per heavy atom. The highest BCUT2D eigenvalue weighted by Gasteiger charge is 2.31. The van der Waals surface area contributed by atoms with Crippen molar-refractivity contribution in [2.24, 2.45) is 0 Å². The van der Waals surface area contributed by atoms with Crippen LogP contribution < -0.4 is 10.1 Å². The number of hydrogen-bond acceptors (Lipinski definition) is 6. The first kappa shape index (κ1) is 21.8. The summed E-state index contributed by atoms with van der Waals surface area (Å²) in [5.41, 5.74) is 2.30. The summed E-state index contributed by atoms with van der Waals surface area (Å²) in [7, 11) is 0. The summed E-state index contributed by atoms with van der Waals surface area (Å²) in [5, 5.41) is 3.51. The topological polar surface area (TPSA) is 71.5 Å². The minimum atomic E-state index is -1.10. The summed E-state index contributed by atoms with van der Waals surface area (Å²) < 4.78 is 21.8. The molecule has 1 aromatic carbocycles. The van der Waals surface area contributed by atoms with E-state index in [1.54, 1.807) is 18.3 Å². The summed E-state index contributed by atoms with van der Waals surface area (Å²) in [6.45, 7) is 0.910. The molecule has 0 saturated carbocycles. The number of nitrogens with zero attached hydrogens (tertiary/aromatic N) is 2. The molecule has 5 rings (SSSR count). The molecule has 166 valence electrons. The highest BCUT2D eigenvalue weighted by molar-refractivity contribution is 9.10. The summed E-state index contributed by atoms with van der Waals surface area (Å²) in [5.74, 6) is 0.209. The van der Waals surface area contributed by atoms with Gasteiger partial charge in [0.2, 0.25) is 11.8 Å². The molecule has 2 fully saturated rings. The van der Waals surface area contributed by atoms with Crippen molar-refractivity contribution in [2.75, 3.05) is 13.1 Å². The molecule has 2 atom stereocenters. The van der Waals surface area contributed by atoms with Crippen molar-refractivity contribution in [1.82, 2.24) is 15.2 Å². The van der Waals surface area contributed by atoms with Crippen molar-refractivity contribution in [3.05, 3.63) is 44.8 Å². The molecule has 0 radical (unpaired) electrons. The first-order valence-electron chi connectivity index (χ1n) is 10.1. The number of thiophene rings is 1. The summed E-state index contributed by atoms with van der Waals surface area (Å²) in [6.07, 6.45) is 0.501. The van der Waals surface area contributed by atoms with Gasteiger partial charge in [0, 0.05) is 53.2 Å². The van der Waals surface area contributed by atoms with Crippen LogP contribution in [0.2, 0.25) is 5.02 Å². The SMILES string of the molecule is O=C1CCC(=O)N1Cc1cc2nccc(-c3cc(Cl)cc(Br)c3O[C@@H]3CNC[C@@H]3F)c2s1. The molecule has 2 amide bonds. The molecule has 0 spiro atoms. The predicted molar refractivity (Wildman–Crippen MR) is 125 cm³/mol. The van der Waals surface area contributed by atoms with Crippen LogP contribution in [0.1, 0.15) is 17.7 Å². The number of carbonyl (C=O) groups excluding carboxylic acids is 2. The van der Waals surface area contributed by atoms with E-state index in [4.69, 9.17) is 16.3 Å².